The molecule has 0 bridgehead atoms. The van der Waals surface area contributed by atoms with Gasteiger partial charge in [0.2, 0.25) is 5.91 Å². The topological polar surface area (TPSA) is 46.3 Å². The highest BCUT2D eigenvalue weighted by Crippen LogP contribution is 2.34. The Balaban J connectivity index is 0.00000192. The van der Waals surface area contributed by atoms with Gasteiger partial charge in [0.1, 0.15) is 0 Å². The lowest BCUT2D eigenvalue weighted by Crippen LogP contribution is -2.46. The number of fused-ring (bicyclic) bond motifs is 1. The van der Waals surface area contributed by atoms with Crippen LogP contribution in [0.25, 0.3) is 0 Å². The van der Waals surface area contributed by atoms with Crippen LogP contribution in [0.15, 0.2) is 48.5 Å². The van der Waals surface area contributed by atoms with Crippen molar-refractivity contribution in [3.8, 4) is 0 Å². The highest BCUT2D eigenvalue weighted by Gasteiger charge is 2.32. The SMILES string of the molecule is C[C@H](N)C(=O)N1Cc2cc(Cl)ccc2CC1c1ccccc1.Cl. The maximum atomic E-state index is 12.5. The van der Waals surface area contributed by atoms with E-state index in [9.17, 15) is 4.79 Å². The number of halogens is 2. The van der Waals surface area contributed by atoms with E-state index in [0.717, 1.165) is 17.5 Å². The number of carbonyl (C=O) groups excluding carboxylic acids is 1. The molecule has 0 aromatic heterocycles. The van der Waals surface area contributed by atoms with E-state index in [-0.39, 0.29) is 24.4 Å². The largest absolute Gasteiger partial charge is 0.330 e. The van der Waals surface area contributed by atoms with Gasteiger partial charge in [0, 0.05) is 11.6 Å². The second-order valence-electron chi connectivity index (χ2n) is 5.80. The molecule has 0 spiro atoms. The summed E-state index contributed by atoms with van der Waals surface area (Å²) in [6, 6.07) is 15.5. The van der Waals surface area contributed by atoms with Crippen LogP contribution in [0.2, 0.25) is 5.02 Å². The summed E-state index contributed by atoms with van der Waals surface area (Å²) in [5.74, 6) is -0.0283. The Morgan fingerprint density at radius 1 is 1.22 bits per heavy atom. The number of amides is 1. The van der Waals surface area contributed by atoms with E-state index in [2.05, 4.69) is 18.2 Å². The van der Waals surface area contributed by atoms with Crippen LogP contribution in [0, 0.1) is 0 Å². The summed E-state index contributed by atoms with van der Waals surface area (Å²) < 4.78 is 0. The van der Waals surface area contributed by atoms with Gasteiger partial charge in [0.05, 0.1) is 12.1 Å². The molecule has 2 atom stereocenters. The Hall–Kier alpha value is -1.55. The first-order chi connectivity index (χ1) is 10.6. The zero-order valence-corrected chi connectivity index (χ0v) is 14.5. The fourth-order valence-corrected chi connectivity index (χ4v) is 3.21. The van der Waals surface area contributed by atoms with Gasteiger partial charge in [0.15, 0.2) is 0 Å². The van der Waals surface area contributed by atoms with Gasteiger partial charge in [-0.25, -0.2) is 0 Å². The number of hydrogen-bond acceptors (Lipinski definition) is 2. The van der Waals surface area contributed by atoms with Gasteiger partial charge < -0.3 is 10.6 Å². The van der Waals surface area contributed by atoms with Crippen molar-refractivity contribution in [3.05, 3.63) is 70.2 Å². The van der Waals surface area contributed by atoms with Crippen LogP contribution in [0.4, 0.5) is 0 Å². The molecule has 3 rings (SSSR count). The minimum atomic E-state index is -0.507. The molecule has 23 heavy (non-hydrogen) atoms. The van der Waals surface area contributed by atoms with Crippen molar-refractivity contribution in [2.75, 3.05) is 0 Å². The van der Waals surface area contributed by atoms with E-state index >= 15 is 0 Å². The molecule has 1 amide bonds. The lowest BCUT2D eigenvalue weighted by atomic mass is 9.89. The molecule has 1 heterocycles. The zero-order chi connectivity index (χ0) is 15.7. The van der Waals surface area contributed by atoms with Gasteiger partial charge in [-0.2, -0.15) is 0 Å². The summed E-state index contributed by atoms with van der Waals surface area (Å²) in [4.78, 5) is 14.4. The van der Waals surface area contributed by atoms with Crippen molar-refractivity contribution in [1.82, 2.24) is 4.90 Å². The van der Waals surface area contributed by atoms with Crippen LogP contribution in [-0.4, -0.2) is 16.8 Å². The number of hydrogen-bond donors (Lipinski definition) is 1. The predicted molar refractivity (Wildman–Crippen MR) is 95.8 cm³/mol. The van der Waals surface area contributed by atoms with E-state index < -0.39 is 6.04 Å². The molecule has 0 fully saturated rings. The van der Waals surface area contributed by atoms with Crippen LogP contribution in [-0.2, 0) is 17.8 Å². The van der Waals surface area contributed by atoms with E-state index in [0.29, 0.717) is 11.6 Å². The van der Waals surface area contributed by atoms with Crippen LogP contribution < -0.4 is 5.73 Å². The highest BCUT2D eigenvalue weighted by atomic mass is 35.5. The van der Waals surface area contributed by atoms with Crippen molar-refractivity contribution in [2.45, 2.75) is 32.0 Å². The second-order valence-corrected chi connectivity index (χ2v) is 6.23. The lowest BCUT2D eigenvalue weighted by Gasteiger charge is -2.38. The summed E-state index contributed by atoms with van der Waals surface area (Å²) >= 11 is 6.09. The third kappa shape index (κ3) is 3.69. The molecule has 1 aliphatic heterocycles. The predicted octanol–water partition coefficient (Wildman–Crippen LogP) is 3.74. The third-order valence-electron chi connectivity index (χ3n) is 4.16. The monoisotopic (exact) mass is 350 g/mol. The van der Waals surface area contributed by atoms with Gasteiger partial charge in [0.25, 0.3) is 0 Å². The number of benzene rings is 2. The molecule has 1 aliphatic rings. The van der Waals surface area contributed by atoms with Crippen molar-refractivity contribution in [3.63, 3.8) is 0 Å². The minimum Gasteiger partial charge on any atom is -0.330 e. The molecule has 3 nitrogen and oxygen atoms in total. The van der Waals surface area contributed by atoms with Crippen LogP contribution in [0.1, 0.15) is 29.7 Å². The Labute approximate surface area is 147 Å². The molecule has 122 valence electrons. The molecule has 0 aliphatic carbocycles. The third-order valence-corrected chi connectivity index (χ3v) is 4.39. The quantitative estimate of drug-likeness (QED) is 0.896. The fraction of sp³-hybridized carbons (Fsp3) is 0.278. The maximum Gasteiger partial charge on any atom is 0.240 e. The van der Waals surface area contributed by atoms with Crippen molar-refractivity contribution in [1.29, 1.82) is 0 Å². The average molecular weight is 351 g/mol. The molecule has 0 radical (unpaired) electrons. The maximum absolute atomic E-state index is 12.5. The molecular weight excluding hydrogens is 331 g/mol. The highest BCUT2D eigenvalue weighted by molar-refractivity contribution is 6.30. The fourth-order valence-electron chi connectivity index (χ4n) is 3.02. The van der Waals surface area contributed by atoms with Gasteiger partial charge in [-0.3, -0.25) is 4.79 Å². The number of carbonyl (C=O) groups is 1. The standard InChI is InChI=1S/C18H19ClN2O.ClH/c1-12(20)18(22)21-11-15-9-16(19)8-7-14(15)10-17(21)13-5-3-2-4-6-13;/h2-9,12,17H,10-11,20H2,1H3;1H/t12-,17?;/m0./s1. The van der Waals surface area contributed by atoms with Crippen LogP contribution >= 0.6 is 24.0 Å². The van der Waals surface area contributed by atoms with Crippen molar-refractivity contribution >= 4 is 29.9 Å². The molecule has 5 heteroatoms. The first-order valence-corrected chi connectivity index (χ1v) is 7.82. The number of nitrogens with zero attached hydrogens (tertiary/aromatic N) is 1. The first kappa shape index (κ1) is 17.8. The normalized spacial score (nSPS) is 17.9. The molecular formula is C18H20Cl2N2O. The van der Waals surface area contributed by atoms with Gasteiger partial charge in [-0.15, -0.1) is 12.4 Å². The van der Waals surface area contributed by atoms with Crippen LogP contribution in [0.5, 0.6) is 0 Å². The summed E-state index contributed by atoms with van der Waals surface area (Å²) in [6.45, 7) is 2.29. The van der Waals surface area contributed by atoms with Gasteiger partial charge in [-0.05, 0) is 42.2 Å². The van der Waals surface area contributed by atoms with E-state index in [1.165, 1.54) is 5.56 Å². The zero-order valence-electron chi connectivity index (χ0n) is 12.9. The first-order valence-electron chi connectivity index (χ1n) is 7.44. The Morgan fingerprint density at radius 2 is 1.91 bits per heavy atom. The number of rotatable bonds is 2. The van der Waals surface area contributed by atoms with Crippen molar-refractivity contribution < 1.29 is 4.79 Å². The summed E-state index contributed by atoms with van der Waals surface area (Å²) in [5, 5.41) is 0.699. The molecule has 1 unspecified atom stereocenters. The Kier molecular flexibility index (Phi) is 5.69. The summed E-state index contributed by atoms with van der Waals surface area (Å²) in [6.07, 6.45) is 0.787. The molecule has 2 aromatic carbocycles. The second kappa shape index (κ2) is 7.35. The average Bonchev–Trinajstić information content (AvgIpc) is 2.53. The van der Waals surface area contributed by atoms with E-state index in [4.69, 9.17) is 17.3 Å². The molecule has 2 N–H and O–H groups in total. The Bertz CT molecular complexity index is 689. The smallest absolute Gasteiger partial charge is 0.240 e. The molecule has 2 aromatic rings. The Morgan fingerprint density at radius 3 is 2.57 bits per heavy atom. The summed E-state index contributed by atoms with van der Waals surface area (Å²) in [5.41, 5.74) is 9.32. The van der Waals surface area contributed by atoms with Gasteiger partial charge >= 0.3 is 0 Å². The summed E-state index contributed by atoms with van der Waals surface area (Å²) in [7, 11) is 0. The molecule has 0 saturated carbocycles. The van der Waals surface area contributed by atoms with Gasteiger partial charge in [-0.1, -0.05) is 48.0 Å². The molecule has 0 saturated heterocycles. The van der Waals surface area contributed by atoms with E-state index in [1.807, 2.05) is 35.2 Å². The van der Waals surface area contributed by atoms with E-state index in [1.54, 1.807) is 6.92 Å². The minimum absolute atomic E-state index is 0. The lowest BCUT2D eigenvalue weighted by molar-refractivity contribution is -0.136. The number of nitrogens with two attached hydrogens (primary N) is 1. The van der Waals surface area contributed by atoms with Crippen molar-refractivity contribution in [2.24, 2.45) is 5.73 Å². The van der Waals surface area contributed by atoms with Crippen LogP contribution in [0.3, 0.4) is 0 Å².